The molecular weight excluding hydrogens is 180 g/mol. The lowest BCUT2D eigenvalue weighted by Crippen LogP contribution is -1.97. The van der Waals surface area contributed by atoms with Gasteiger partial charge in [-0.3, -0.25) is 4.79 Å². The van der Waals surface area contributed by atoms with E-state index in [1.807, 2.05) is 19.1 Å². The van der Waals surface area contributed by atoms with Crippen LogP contribution in [0.2, 0.25) is 0 Å². The van der Waals surface area contributed by atoms with Gasteiger partial charge in [-0.2, -0.15) is 0 Å². The van der Waals surface area contributed by atoms with Crippen LogP contribution in [0.5, 0.6) is 0 Å². The van der Waals surface area contributed by atoms with Gasteiger partial charge in [0.05, 0.1) is 5.75 Å². The molecule has 0 aromatic heterocycles. The fourth-order valence-corrected chi connectivity index (χ4v) is 1.95. The van der Waals surface area contributed by atoms with Gasteiger partial charge in [0.2, 0.25) is 0 Å². The zero-order valence-corrected chi connectivity index (χ0v) is 8.86. The number of hydrogen-bond donors (Lipinski definition) is 0. The Morgan fingerprint density at radius 2 is 2.23 bits per heavy atom. The minimum atomic E-state index is 0.312. The fraction of sp³-hybridized carbons (Fsp3) is 0.364. The molecule has 0 atom stereocenters. The highest BCUT2D eigenvalue weighted by atomic mass is 32.2. The maximum absolute atomic E-state index is 11.0. The van der Waals surface area contributed by atoms with Gasteiger partial charge in [0, 0.05) is 11.3 Å². The molecule has 1 aromatic carbocycles. The lowest BCUT2D eigenvalue weighted by molar-refractivity contribution is -0.116. The van der Waals surface area contributed by atoms with Crippen LogP contribution in [0.25, 0.3) is 0 Å². The molecule has 2 heteroatoms. The topological polar surface area (TPSA) is 17.1 Å². The van der Waals surface area contributed by atoms with Gasteiger partial charge >= 0.3 is 0 Å². The van der Waals surface area contributed by atoms with E-state index in [9.17, 15) is 4.79 Å². The number of carbonyl (C=O) groups excluding carboxylic acids is 1. The molecule has 0 aliphatic carbocycles. The maximum Gasteiger partial charge on any atom is 0.142 e. The van der Waals surface area contributed by atoms with Gasteiger partial charge in [0.1, 0.15) is 5.78 Å². The van der Waals surface area contributed by atoms with Crippen molar-refractivity contribution in [1.82, 2.24) is 0 Å². The molecule has 0 bridgehead atoms. The maximum atomic E-state index is 11.0. The number of rotatable bonds is 4. The van der Waals surface area contributed by atoms with E-state index in [4.69, 9.17) is 0 Å². The third-order valence-corrected chi connectivity index (χ3v) is 2.84. The molecule has 1 rings (SSSR count). The summed E-state index contributed by atoms with van der Waals surface area (Å²) in [5.41, 5.74) is 1.24. The number of benzene rings is 1. The minimum absolute atomic E-state index is 0.312. The average molecular weight is 194 g/mol. The monoisotopic (exact) mass is 194 g/mol. The van der Waals surface area contributed by atoms with E-state index in [2.05, 4.69) is 19.1 Å². The molecule has 0 spiro atoms. The fourth-order valence-electron chi connectivity index (χ4n) is 0.971. The van der Waals surface area contributed by atoms with Crippen molar-refractivity contribution in [3.05, 3.63) is 29.8 Å². The van der Waals surface area contributed by atoms with Gasteiger partial charge in [0.15, 0.2) is 0 Å². The largest absolute Gasteiger partial charge is 0.299 e. The molecule has 0 aliphatic rings. The van der Waals surface area contributed by atoms with E-state index in [0.717, 1.165) is 0 Å². The van der Waals surface area contributed by atoms with Gasteiger partial charge < -0.3 is 0 Å². The Morgan fingerprint density at radius 3 is 2.85 bits per heavy atom. The minimum Gasteiger partial charge on any atom is -0.299 e. The summed E-state index contributed by atoms with van der Waals surface area (Å²) in [4.78, 5) is 12.2. The summed E-state index contributed by atoms with van der Waals surface area (Å²) in [6.45, 7) is 3.96. The lowest BCUT2D eigenvalue weighted by Gasteiger charge is -2.00. The van der Waals surface area contributed by atoms with E-state index < -0.39 is 0 Å². The van der Waals surface area contributed by atoms with Crippen molar-refractivity contribution in [2.24, 2.45) is 0 Å². The average Bonchev–Trinajstić information content (AvgIpc) is 2.14. The van der Waals surface area contributed by atoms with E-state index in [-0.39, 0.29) is 0 Å². The molecule has 0 heterocycles. The third-order valence-electron chi connectivity index (χ3n) is 1.78. The highest BCUT2D eigenvalue weighted by Crippen LogP contribution is 2.18. The zero-order chi connectivity index (χ0) is 9.68. The third kappa shape index (κ3) is 3.64. The second-order valence-electron chi connectivity index (χ2n) is 3.00. The smallest absolute Gasteiger partial charge is 0.142 e. The molecule has 0 unspecified atom stereocenters. The first-order chi connectivity index (χ1) is 6.22. The van der Waals surface area contributed by atoms with Crippen molar-refractivity contribution in [1.29, 1.82) is 0 Å². The molecule has 0 fully saturated rings. The van der Waals surface area contributed by atoms with Crippen LogP contribution in [-0.4, -0.2) is 11.5 Å². The van der Waals surface area contributed by atoms with Gasteiger partial charge in [-0.05, 0) is 19.1 Å². The van der Waals surface area contributed by atoms with Crippen molar-refractivity contribution in [2.75, 3.05) is 5.75 Å². The molecule has 0 aliphatic heterocycles. The molecule has 0 saturated heterocycles. The summed E-state index contributed by atoms with van der Waals surface area (Å²) in [7, 11) is 0. The van der Waals surface area contributed by atoms with Crippen LogP contribution in [0.15, 0.2) is 29.2 Å². The van der Waals surface area contributed by atoms with Crippen molar-refractivity contribution < 1.29 is 4.79 Å². The van der Waals surface area contributed by atoms with Crippen LogP contribution in [0, 0.1) is 6.92 Å². The first-order valence-corrected chi connectivity index (χ1v) is 5.42. The SMILES string of the molecule is CCC(=O)CSc1cccc(C)c1. The lowest BCUT2D eigenvalue weighted by atomic mass is 10.2. The van der Waals surface area contributed by atoms with Crippen LogP contribution < -0.4 is 0 Å². The summed E-state index contributed by atoms with van der Waals surface area (Å²) >= 11 is 1.62. The first kappa shape index (κ1) is 10.3. The summed E-state index contributed by atoms with van der Waals surface area (Å²) < 4.78 is 0. The van der Waals surface area contributed by atoms with Crippen LogP contribution in [-0.2, 0) is 4.79 Å². The Balaban J connectivity index is 2.50. The summed E-state index contributed by atoms with van der Waals surface area (Å²) in [5.74, 6) is 0.909. The van der Waals surface area contributed by atoms with E-state index in [1.54, 1.807) is 11.8 Å². The van der Waals surface area contributed by atoms with Crippen LogP contribution in [0.3, 0.4) is 0 Å². The van der Waals surface area contributed by atoms with Crippen molar-refractivity contribution in [3.8, 4) is 0 Å². The van der Waals surface area contributed by atoms with Crippen LogP contribution >= 0.6 is 11.8 Å². The Bertz CT molecular complexity index is 294. The molecule has 0 radical (unpaired) electrons. The normalized spacial score (nSPS) is 10.0. The standard InChI is InChI=1S/C11H14OS/c1-3-10(12)8-13-11-6-4-5-9(2)7-11/h4-7H,3,8H2,1-2H3. The van der Waals surface area contributed by atoms with E-state index in [0.29, 0.717) is 18.0 Å². The molecule has 70 valence electrons. The van der Waals surface area contributed by atoms with Crippen LogP contribution in [0.1, 0.15) is 18.9 Å². The number of aryl methyl sites for hydroxylation is 1. The Kier molecular flexibility index (Phi) is 4.03. The second-order valence-corrected chi connectivity index (χ2v) is 4.05. The molecule has 1 nitrogen and oxygen atoms in total. The second kappa shape index (κ2) is 5.07. The number of thioether (sulfide) groups is 1. The van der Waals surface area contributed by atoms with Gasteiger partial charge in [-0.25, -0.2) is 0 Å². The summed E-state index contributed by atoms with van der Waals surface area (Å²) in [5, 5.41) is 0. The highest BCUT2D eigenvalue weighted by molar-refractivity contribution is 8.00. The van der Waals surface area contributed by atoms with Crippen molar-refractivity contribution in [2.45, 2.75) is 25.2 Å². The molecular formula is C11H14OS. The van der Waals surface area contributed by atoms with Crippen LogP contribution in [0.4, 0.5) is 0 Å². The number of ketones is 1. The van der Waals surface area contributed by atoms with E-state index >= 15 is 0 Å². The van der Waals surface area contributed by atoms with Gasteiger partial charge in [-0.1, -0.05) is 24.6 Å². The molecule has 1 aromatic rings. The number of Topliss-reactive ketones (excluding diaryl/α,β-unsaturated/α-hetero) is 1. The summed E-state index contributed by atoms with van der Waals surface area (Å²) in [6.07, 6.45) is 0.638. The quantitative estimate of drug-likeness (QED) is 0.685. The molecule has 13 heavy (non-hydrogen) atoms. The van der Waals surface area contributed by atoms with E-state index in [1.165, 1.54) is 10.5 Å². The molecule has 0 saturated carbocycles. The number of hydrogen-bond acceptors (Lipinski definition) is 2. The zero-order valence-electron chi connectivity index (χ0n) is 8.04. The Labute approximate surface area is 83.5 Å². The first-order valence-electron chi connectivity index (χ1n) is 4.43. The van der Waals surface area contributed by atoms with Crippen molar-refractivity contribution in [3.63, 3.8) is 0 Å². The predicted molar refractivity (Wildman–Crippen MR) is 57.2 cm³/mol. The molecule has 0 N–H and O–H groups in total. The highest BCUT2D eigenvalue weighted by Gasteiger charge is 1.99. The van der Waals surface area contributed by atoms with Gasteiger partial charge in [0.25, 0.3) is 0 Å². The Hall–Kier alpha value is -0.760. The number of carbonyl (C=O) groups is 1. The molecule has 0 amide bonds. The van der Waals surface area contributed by atoms with Crippen molar-refractivity contribution >= 4 is 17.5 Å². The summed E-state index contributed by atoms with van der Waals surface area (Å²) in [6, 6.07) is 8.23. The Morgan fingerprint density at radius 1 is 1.46 bits per heavy atom. The predicted octanol–water partition coefficient (Wildman–Crippen LogP) is 3.07. The van der Waals surface area contributed by atoms with Gasteiger partial charge in [-0.15, -0.1) is 11.8 Å².